The molecule has 6 nitrogen and oxygen atoms in total. The number of carbonyl (C=O) groups excluding carboxylic acids is 2. The van der Waals surface area contributed by atoms with E-state index in [4.69, 9.17) is 0 Å². The first-order valence-electron chi connectivity index (χ1n) is 9.43. The first-order chi connectivity index (χ1) is 14.3. The van der Waals surface area contributed by atoms with E-state index in [1.807, 2.05) is 6.07 Å². The minimum Gasteiger partial charge on any atom is -0.322 e. The van der Waals surface area contributed by atoms with Crippen LogP contribution in [0.4, 0.5) is 11.4 Å². The minimum atomic E-state index is -3.84. The topological polar surface area (TPSA) is 83.6 Å². The number of para-hydroxylation sites is 1. The highest BCUT2D eigenvalue weighted by Crippen LogP contribution is 2.24. The molecule has 0 unspecified atom stereocenters. The molecule has 0 fully saturated rings. The minimum absolute atomic E-state index is 0.0262. The molecule has 0 radical (unpaired) electrons. The third-order valence-corrected chi connectivity index (χ3v) is 6.44. The number of sulfonamides is 1. The average molecular weight is 423 g/mol. The molecule has 0 heterocycles. The van der Waals surface area contributed by atoms with Crippen molar-refractivity contribution in [2.24, 2.45) is 0 Å². The highest BCUT2D eigenvalue weighted by molar-refractivity contribution is 7.92. The summed E-state index contributed by atoms with van der Waals surface area (Å²) in [4.78, 5) is 24.2. The Morgan fingerprint density at radius 2 is 1.53 bits per heavy atom. The Labute approximate surface area is 176 Å². The number of hydrogen-bond donors (Lipinski definition) is 1. The predicted octanol–water partition coefficient (Wildman–Crippen LogP) is 4.36. The van der Waals surface area contributed by atoms with E-state index in [0.29, 0.717) is 16.9 Å². The fraction of sp³-hybridized carbons (Fsp3) is 0.130. The largest absolute Gasteiger partial charge is 0.322 e. The molecule has 7 heteroatoms. The molecule has 30 heavy (non-hydrogen) atoms. The standard InChI is InChI=1S/C23H22N2O4S/c1-3-25(21-12-5-4-6-13-21)30(28,29)22-14-8-10-19(16-22)23(27)24-20-11-7-9-18(15-20)17(2)26/h4-16H,3H2,1-2H3,(H,24,27). The van der Waals surface area contributed by atoms with Crippen molar-refractivity contribution in [3.63, 3.8) is 0 Å². The van der Waals surface area contributed by atoms with E-state index in [2.05, 4.69) is 5.32 Å². The third kappa shape index (κ3) is 4.58. The summed E-state index contributed by atoms with van der Waals surface area (Å²) >= 11 is 0. The van der Waals surface area contributed by atoms with Crippen molar-refractivity contribution < 1.29 is 18.0 Å². The van der Waals surface area contributed by atoms with Crippen LogP contribution in [0.2, 0.25) is 0 Å². The normalized spacial score (nSPS) is 11.0. The van der Waals surface area contributed by atoms with Crippen LogP contribution in [0.1, 0.15) is 34.6 Å². The molecule has 1 amide bonds. The Morgan fingerprint density at radius 1 is 0.867 bits per heavy atom. The zero-order chi connectivity index (χ0) is 21.7. The van der Waals surface area contributed by atoms with Crippen molar-refractivity contribution >= 4 is 33.1 Å². The Hall–Kier alpha value is -3.45. The van der Waals surface area contributed by atoms with Crippen molar-refractivity contribution in [1.29, 1.82) is 0 Å². The number of hydrogen-bond acceptors (Lipinski definition) is 4. The third-order valence-electron chi connectivity index (χ3n) is 4.54. The van der Waals surface area contributed by atoms with E-state index in [1.165, 1.54) is 29.4 Å². The maximum atomic E-state index is 13.2. The number of rotatable bonds is 7. The first-order valence-corrected chi connectivity index (χ1v) is 10.9. The molecule has 154 valence electrons. The van der Waals surface area contributed by atoms with Gasteiger partial charge in [-0.3, -0.25) is 13.9 Å². The number of carbonyl (C=O) groups is 2. The van der Waals surface area contributed by atoms with E-state index < -0.39 is 15.9 Å². The van der Waals surface area contributed by atoms with Gasteiger partial charge in [-0.25, -0.2) is 8.42 Å². The Bertz CT molecular complexity index is 1170. The van der Waals surface area contributed by atoms with Gasteiger partial charge in [0.15, 0.2) is 5.78 Å². The summed E-state index contributed by atoms with van der Waals surface area (Å²) in [6, 6.07) is 21.3. The SMILES string of the molecule is CCN(c1ccccc1)S(=O)(=O)c1cccc(C(=O)Nc2cccc(C(C)=O)c2)c1. The monoisotopic (exact) mass is 422 g/mol. The fourth-order valence-corrected chi connectivity index (χ4v) is 4.55. The summed E-state index contributed by atoms with van der Waals surface area (Å²) in [6.07, 6.45) is 0. The Balaban J connectivity index is 1.89. The second-order valence-corrected chi connectivity index (χ2v) is 8.49. The van der Waals surface area contributed by atoms with Gasteiger partial charge >= 0.3 is 0 Å². The van der Waals surface area contributed by atoms with Gasteiger partial charge in [-0.05, 0) is 56.3 Å². The number of anilines is 2. The van der Waals surface area contributed by atoms with Gasteiger partial charge in [-0.2, -0.15) is 0 Å². The number of ketones is 1. The average Bonchev–Trinajstić information content (AvgIpc) is 2.75. The van der Waals surface area contributed by atoms with Crippen LogP contribution in [0.15, 0.2) is 83.8 Å². The number of Topliss-reactive ketones (excluding diaryl/α,β-unsaturated/α-hetero) is 1. The summed E-state index contributed by atoms with van der Waals surface area (Å²) in [7, 11) is -3.84. The number of nitrogens with zero attached hydrogens (tertiary/aromatic N) is 1. The number of amides is 1. The molecular formula is C23H22N2O4S. The smallest absolute Gasteiger partial charge is 0.264 e. The summed E-state index contributed by atoms with van der Waals surface area (Å²) in [6.45, 7) is 3.45. The van der Waals surface area contributed by atoms with Gasteiger partial charge in [-0.1, -0.05) is 36.4 Å². The zero-order valence-corrected chi connectivity index (χ0v) is 17.5. The Morgan fingerprint density at radius 3 is 2.20 bits per heavy atom. The quantitative estimate of drug-likeness (QED) is 0.574. The molecule has 1 N–H and O–H groups in total. The van der Waals surface area contributed by atoms with Crippen molar-refractivity contribution in [2.75, 3.05) is 16.2 Å². The second kappa shape index (κ2) is 8.92. The molecule has 0 aliphatic carbocycles. The number of nitrogens with one attached hydrogen (secondary N) is 1. The second-order valence-electron chi connectivity index (χ2n) is 6.62. The van der Waals surface area contributed by atoms with E-state index in [9.17, 15) is 18.0 Å². The van der Waals surface area contributed by atoms with Crippen LogP contribution >= 0.6 is 0 Å². The lowest BCUT2D eigenvalue weighted by atomic mass is 10.1. The van der Waals surface area contributed by atoms with Crippen LogP contribution in [-0.4, -0.2) is 26.7 Å². The van der Waals surface area contributed by atoms with Gasteiger partial charge in [0.05, 0.1) is 10.6 Å². The van der Waals surface area contributed by atoms with Crippen LogP contribution in [0.3, 0.4) is 0 Å². The van der Waals surface area contributed by atoms with Crippen molar-refractivity contribution in [1.82, 2.24) is 0 Å². The molecule has 3 aromatic rings. The van der Waals surface area contributed by atoms with Gasteiger partial charge < -0.3 is 5.32 Å². The summed E-state index contributed by atoms with van der Waals surface area (Å²) in [5.74, 6) is -0.574. The van der Waals surface area contributed by atoms with Crippen molar-refractivity contribution in [3.05, 3.63) is 90.0 Å². The molecular weight excluding hydrogens is 400 g/mol. The molecule has 0 saturated carbocycles. The molecule has 0 spiro atoms. The maximum absolute atomic E-state index is 13.2. The van der Waals surface area contributed by atoms with Gasteiger partial charge in [0, 0.05) is 23.4 Å². The molecule has 0 aromatic heterocycles. The van der Waals surface area contributed by atoms with Crippen molar-refractivity contribution in [3.8, 4) is 0 Å². The molecule has 0 aliphatic rings. The van der Waals surface area contributed by atoms with E-state index in [1.54, 1.807) is 61.5 Å². The lowest BCUT2D eigenvalue weighted by Crippen LogP contribution is -2.30. The van der Waals surface area contributed by atoms with Crippen LogP contribution in [0, 0.1) is 0 Å². The summed E-state index contributed by atoms with van der Waals surface area (Å²) in [5.41, 5.74) is 1.69. The van der Waals surface area contributed by atoms with E-state index in [0.717, 1.165) is 0 Å². The van der Waals surface area contributed by atoms with Gasteiger partial charge in [0.2, 0.25) is 0 Å². The van der Waals surface area contributed by atoms with E-state index >= 15 is 0 Å². The summed E-state index contributed by atoms with van der Waals surface area (Å²) < 4.78 is 27.6. The number of benzene rings is 3. The highest BCUT2D eigenvalue weighted by Gasteiger charge is 2.24. The zero-order valence-electron chi connectivity index (χ0n) is 16.7. The molecule has 3 aromatic carbocycles. The van der Waals surface area contributed by atoms with Crippen LogP contribution in [0.5, 0.6) is 0 Å². The van der Waals surface area contributed by atoms with Crippen LogP contribution < -0.4 is 9.62 Å². The molecule has 0 bridgehead atoms. The molecule has 3 rings (SSSR count). The van der Waals surface area contributed by atoms with E-state index in [-0.39, 0.29) is 22.8 Å². The lowest BCUT2D eigenvalue weighted by molar-refractivity contribution is 0.101. The van der Waals surface area contributed by atoms with Crippen LogP contribution in [-0.2, 0) is 10.0 Å². The molecule has 0 atom stereocenters. The lowest BCUT2D eigenvalue weighted by Gasteiger charge is -2.23. The first kappa shape index (κ1) is 21.3. The molecule has 0 aliphatic heterocycles. The van der Waals surface area contributed by atoms with Crippen molar-refractivity contribution in [2.45, 2.75) is 18.7 Å². The highest BCUT2D eigenvalue weighted by atomic mass is 32.2. The van der Waals surface area contributed by atoms with Crippen LogP contribution in [0.25, 0.3) is 0 Å². The maximum Gasteiger partial charge on any atom is 0.264 e. The van der Waals surface area contributed by atoms with Gasteiger partial charge in [0.1, 0.15) is 0 Å². The van der Waals surface area contributed by atoms with Gasteiger partial charge in [0.25, 0.3) is 15.9 Å². The predicted molar refractivity (Wildman–Crippen MR) is 117 cm³/mol. The summed E-state index contributed by atoms with van der Waals surface area (Å²) in [5, 5.41) is 2.71. The fourth-order valence-electron chi connectivity index (χ4n) is 3.03. The van der Waals surface area contributed by atoms with Gasteiger partial charge in [-0.15, -0.1) is 0 Å². The Kier molecular flexibility index (Phi) is 6.32. The molecule has 0 saturated heterocycles.